The van der Waals surface area contributed by atoms with Crippen LogP contribution in [0.2, 0.25) is 0 Å². The second kappa shape index (κ2) is 4.42. The van der Waals surface area contributed by atoms with Gasteiger partial charge in [-0.1, -0.05) is 0 Å². The maximum absolute atomic E-state index is 11.8. The summed E-state index contributed by atoms with van der Waals surface area (Å²) in [7, 11) is 1.83. The third-order valence-corrected chi connectivity index (χ3v) is 3.83. The molecule has 0 spiro atoms. The summed E-state index contributed by atoms with van der Waals surface area (Å²) in [6, 6.07) is 2.78. The second-order valence-corrected chi connectivity index (χ2v) is 5.00. The molecule has 2 saturated carbocycles. The van der Waals surface area contributed by atoms with Gasteiger partial charge in [0.1, 0.15) is 5.54 Å². The number of carbonyl (C=O) groups excluding carboxylic acids is 1. The highest BCUT2D eigenvalue weighted by atomic mass is 16.2. The van der Waals surface area contributed by atoms with E-state index in [0.29, 0.717) is 6.04 Å². The van der Waals surface area contributed by atoms with E-state index in [-0.39, 0.29) is 11.8 Å². The van der Waals surface area contributed by atoms with Crippen molar-refractivity contribution in [3.63, 3.8) is 0 Å². The van der Waals surface area contributed by atoms with Crippen molar-refractivity contribution in [2.24, 2.45) is 5.92 Å². The number of amides is 1. The SMILES string of the molecule is CNC1(C#N)CCC(C(=O)NC2CC2)CC1. The van der Waals surface area contributed by atoms with E-state index in [0.717, 1.165) is 38.5 Å². The Morgan fingerprint density at radius 2 is 1.94 bits per heavy atom. The highest BCUT2D eigenvalue weighted by molar-refractivity contribution is 5.79. The molecule has 1 amide bonds. The van der Waals surface area contributed by atoms with Gasteiger partial charge in [-0.2, -0.15) is 5.26 Å². The molecule has 4 heteroatoms. The van der Waals surface area contributed by atoms with Crippen LogP contribution in [0, 0.1) is 17.2 Å². The topological polar surface area (TPSA) is 64.9 Å². The standard InChI is InChI=1S/C12H19N3O/c1-14-12(8-13)6-4-9(5-7-12)11(16)15-10-2-3-10/h9-10,14H,2-7H2,1H3,(H,15,16). The smallest absolute Gasteiger partial charge is 0.223 e. The molecule has 2 fully saturated rings. The van der Waals surface area contributed by atoms with Gasteiger partial charge in [-0.05, 0) is 45.6 Å². The summed E-state index contributed by atoms with van der Waals surface area (Å²) in [6.07, 6.45) is 5.49. The molecule has 0 heterocycles. The van der Waals surface area contributed by atoms with E-state index in [4.69, 9.17) is 5.26 Å². The van der Waals surface area contributed by atoms with Crippen molar-refractivity contribution in [1.29, 1.82) is 5.26 Å². The zero-order chi connectivity index (χ0) is 11.6. The number of nitrogens with zero attached hydrogens (tertiary/aromatic N) is 1. The Morgan fingerprint density at radius 3 is 2.38 bits per heavy atom. The van der Waals surface area contributed by atoms with Crippen molar-refractivity contribution in [1.82, 2.24) is 10.6 Å². The van der Waals surface area contributed by atoms with E-state index in [2.05, 4.69) is 16.7 Å². The van der Waals surface area contributed by atoms with Crippen LogP contribution in [0.15, 0.2) is 0 Å². The fourth-order valence-corrected chi connectivity index (χ4v) is 2.34. The lowest BCUT2D eigenvalue weighted by molar-refractivity contribution is -0.126. The summed E-state index contributed by atoms with van der Waals surface area (Å²) >= 11 is 0. The molecule has 0 aromatic carbocycles. The quantitative estimate of drug-likeness (QED) is 0.745. The van der Waals surface area contributed by atoms with Crippen LogP contribution in [0.1, 0.15) is 38.5 Å². The van der Waals surface area contributed by atoms with Gasteiger partial charge in [0.2, 0.25) is 5.91 Å². The van der Waals surface area contributed by atoms with Gasteiger partial charge in [0.15, 0.2) is 0 Å². The summed E-state index contributed by atoms with van der Waals surface area (Å²) in [5.74, 6) is 0.320. The summed E-state index contributed by atoms with van der Waals surface area (Å²) in [4.78, 5) is 11.8. The van der Waals surface area contributed by atoms with Gasteiger partial charge in [0.25, 0.3) is 0 Å². The van der Waals surface area contributed by atoms with Gasteiger partial charge in [-0.3, -0.25) is 4.79 Å². The maximum atomic E-state index is 11.8. The van der Waals surface area contributed by atoms with Gasteiger partial charge in [-0.25, -0.2) is 0 Å². The minimum absolute atomic E-state index is 0.121. The van der Waals surface area contributed by atoms with Gasteiger partial charge in [0.05, 0.1) is 6.07 Å². The molecule has 2 aliphatic carbocycles. The number of nitriles is 1. The predicted octanol–water partition coefficient (Wildman–Crippen LogP) is 0.937. The summed E-state index contributed by atoms with van der Waals surface area (Å²) in [5, 5.41) is 15.2. The zero-order valence-electron chi connectivity index (χ0n) is 9.75. The minimum Gasteiger partial charge on any atom is -0.353 e. The molecule has 4 nitrogen and oxygen atoms in total. The Morgan fingerprint density at radius 1 is 1.31 bits per heavy atom. The third-order valence-electron chi connectivity index (χ3n) is 3.83. The van der Waals surface area contributed by atoms with Crippen molar-refractivity contribution in [2.75, 3.05) is 7.05 Å². The Hall–Kier alpha value is -1.08. The molecule has 88 valence electrons. The van der Waals surface area contributed by atoms with Gasteiger partial charge in [0, 0.05) is 12.0 Å². The monoisotopic (exact) mass is 221 g/mol. The average Bonchev–Trinajstić information content (AvgIpc) is 3.13. The zero-order valence-corrected chi connectivity index (χ0v) is 9.75. The number of nitrogens with one attached hydrogen (secondary N) is 2. The Bertz CT molecular complexity index is 309. The molecule has 0 radical (unpaired) electrons. The molecule has 2 aliphatic rings. The number of hydrogen-bond acceptors (Lipinski definition) is 3. The van der Waals surface area contributed by atoms with Gasteiger partial charge < -0.3 is 10.6 Å². The fraction of sp³-hybridized carbons (Fsp3) is 0.833. The Labute approximate surface area is 96.4 Å². The first kappa shape index (κ1) is 11.4. The van der Waals surface area contributed by atoms with E-state index in [1.54, 1.807) is 0 Å². The molecule has 2 rings (SSSR count). The summed E-state index contributed by atoms with van der Waals surface area (Å²) in [5.41, 5.74) is -0.392. The second-order valence-electron chi connectivity index (χ2n) is 5.00. The van der Waals surface area contributed by atoms with E-state index in [1.165, 1.54) is 0 Å². The van der Waals surface area contributed by atoms with Gasteiger partial charge in [-0.15, -0.1) is 0 Å². The van der Waals surface area contributed by atoms with Crippen molar-refractivity contribution in [3.05, 3.63) is 0 Å². The van der Waals surface area contributed by atoms with Crippen LogP contribution in [0.3, 0.4) is 0 Å². The Kier molecular flexibility index (Phi) is 3.15. The Balaban J connectivity index is 1.84. The lowest BCUT2D eigenvalue weighted by Crippen LogP contribution is -2.47. The molecule has 0 bridgehead atoms. The lowest BCUT2D eigenvalue weighted by Gasteiger charge is -2.34. The van der Waals surface area contributed by atoms with E-state index < -0.39 is 5.54 Å². The summed E-state index contributed by atoms with van der Waals surface area (Å²) < 4.78 is 0. The molecule has 0 saturated heterocycles. The molecule has 0 unspecified atom stereocenters. The predicted molar refractivity (Wildman–Crippen MR) is 60.5 cm³/mol. The molecule has 0 aromatic heterocycles. The van der Waals surface area contributed by atoms with Crippen LogP contribution >= 0.6 is 0 Å². The molecule has 0 aliphatic heterocycles. The number of rotatable bonds is 3. The molecule has 0 aromatic rings. The molecular formula is C12H19N3O. The first-order valence-corrected chi connectivity index (χ1v) is 6.10. The molecule has 0 atom stereocenters. The van der Waals surface area contributed by atoms with Crippen molar-refractivity contribution in [3.8, 4) is 6.07 Å². The fourth-order valence-electron chi connectivity index (χ4n) is 2.34. The van der Waals surface area contributed by atoms with Crippen molar-refractivity contribution < 1.29 is 4.79 Å². The average molecular weight is 221 g/mol. The first-order chi connectivity index (χ1) is 7.69. The lowest BCUT2D eigenvalue weighted by atomic mass is 9.77. The van der Waals surface area contributed by atoms with Crippen molar-refractivity contribution >= 4 is 5.91 Å². The van der Waals surface area contributed by atoms with Crippen LogP contribution < -0.4 is 10.6 Å². The van der Waals surface area contributed by atoms with E-state index in [1.807, 2.05) is 7.05 Å². The highest BCUT2D eigenvalue weighted by Crippen LogP contribution is 2.32. The van der Waals surface area contributed by atoms with Crippen LogP contribution in [-0.4, -0.2) is 24.5 Å². The normalized spacial score (nSPS) is 34.1. The van der Waals surface area contributed by atoms with E-state index >= 15 is 0 Å². The molecule has 2 N–H and O–H groups in total. The first-order valence-electron chi connectivity index (χ1n) is 6.10. The van der Waals surface area contributed by atoms with Crippen LogP contribution in [0.4, 0.5) is 0 Å². The number of carbonyl (C=O) groups is 1. The number of hydrogen-bond donors (Lipinski definition) is 2. The van der Waals surface area contributed by atoms with Crippen LogP contribution in [0.25, 0.3) is 0 Å². The van der Waals surface area contributed by atoms with Crippen LogP contribution in [-0.2, 0) is 4.79 Å². The van der Waals surface area contributed by atoms with Crippen molar-refractivity contribution in [2.45, 2.75) is 50.1 Å². The largest absolute Gasteiger partial charge is 0.353 e. The van der Waals surface area contributed by atoms with E-state index in [9.17, 15) is 4.79 Å². The maximum Gasteiger partial charge on any atom is 0.223 e. The summed E-state index contributed by atoms with van der Waals surface area (Å²) in [6.45, 7) is 0. The third kappa shape index (κ3) is 2.35. The molecular weight excluding hydrogens is 202 g/mol. The van der Waals surface area contributed by atoms with Crippen LogP contribution in [0.5, 0.6) is 0 Å². The highest BCUT2D eigenvalue weighted by Gasteiger charge is 2.37. The van der Waals surface area contributed by atoms with Gasteiger partial charge >= 0.3 is 0 Å². The molecule has 16 heavy (non-hydrogen) atoms. The minimum atomic E-state index is -0.392.